The van der Waals surface area contributed by atoms with Crippen LogP contribution < -0.4 is 19.5 Å². The Hall–Kier alpha value is -3.32. The van der Waals surface area contributed by atoms with Crippen LogP contribution in [0.3, 0.4) is 0 Å². The third kappa shape index (κ3) is 6.33. The second-order valence-corrected chi connectivity index (χ2v) is 7.52. The lowest BCUT2D eigenvalue weighted by molar-refractivity contribution is -0.116. The van der Waals surface area contributed by atoms with E-state index in [4.69, 9.17) is 14.2 Å². The molecule has 0 aliphatic rings. The van der Waals surface area contributed by atoms with Crippen molar-refractivity contribution in [2.45, 2.75) is 13.3 Å². The Morgan fingerprint density at radius 2 is 1.90 bits per heavy atom. The van der Waals surface area contributed by atoms with Crippen molar-refractivity contribution in [1.82, 2.24) is 10.3 Å². The van der Waals surface area contributed by atoms with Gasteiger partial charge in [0.2, 0.25) is 5.91 Å². The van der Waals surface area contributed by atoms with Crippen LogP contribution in [0.1, 0.15) is 17.5 Å². The first-order valence-corrected chi connectivity index (χ1v) is 10.9. The van der Waals surface area contributed by atoms with Crippen molar-refractivity contribution in [3.63, 3.8) is 0 Å². The van der Waals surface area contributed by atoms with Crippen LogP contribution in [0.4, 0.5) is 0 Å². The van der Waals surface area contributed by atoms with E-state index in [0.717, 1.165) is 27.6 Å². The Labute approximate surface area is 186 Å². The van der Waals surface area contributed by atoms with E-state index in [1.807, 2.05) is 54.8 Å². The summed E-state index contributed by atoms with van der Waals surface area (Å²) in [4.78, 5) is 16.8. The predicted octanol–water partition coefficient (Wildman–Crippen LogP) is 4.60. The molecule has 2 aromatic carbocycles. The van der Waals surface area contributed by atoms with E-state index >= 15 is 0 Å². The smallest absolute Gasteiger partial charge is 0.244 e. The molecule has 7 heteroatoms. The van der Waals surface area contributed by atoms with E-state index < -0.39 is 0 Å². The fourth-order valence-electron chi connectivity index (χ4n) is 2.91. The lowest BCUT2D eigenvalue weighted by atomic mass is 10.2. The van der Waals surface area contributed by atoms with E-state index in [1.165, 1.54) is 6.08 Å². The van der Waals surface area contributed by atoms with Gasteiger partial charge in [-0.25, -0.2) is 4.98 Å². The van der Waals surface area contributed by atoms with Crippen LogP contribution in [-0.2, 0) is 11.2 Å². The van der Waals surface area contributed by atoms with Gasteiger partial charge in [0.15, 0.2) is 11.5 Å². The van der Waals surface area contributed by atoms with E-state index in [9.17, 15) is 4.79 Å². The maximum atomic E-state index is 12.1. The highest BCUT2D eigenvalue weighted by Gasteiger charge is 2.06. The van der Waals surface area contributed by atoms with Gasteiger partial charge in [-0.1, -0.05) is 6.07 Å². The van der Waals surface area contributed by atoms with Crippen molar-refractivity contribution in [1.29, 1.82) is 0 Å². The summed E-state index contributed by atoms with van der Waals surface area (Å²) in [7, 11) is 3.24. The average molecular weight is 439 g/mol. The zero-order chi connectivity index (χ0) is 22.1. The third-order valence-corrected chi connectivity index (χ3v) is 5.40. The first-order chi connectivity index (χ1) is 15.1. The average Bonchev–Trinajstić information content (AvgIpc) is 3.27. The number of carbonyl (C=O) groups excluding carboxylic acids is 1. The van der Waals surface area contributed by atoms with Gasteiger partial charge in [-0.2, -0.15) is 0 Å². The van der Waals surface area contributed by atoms with Gasteiger partial charge >= 0.3 is 0 Å². The van der Waals surface area contributed by atoms with Crippen molar-refractivity contribution in [2.24, 2.45) is 0 Å². The fraction of sp³-hybridized carbons (Fsp3) is 0.250. The van der Waals surface area contributed by atoms with Crippen LogP contribution in [0.2, 0.25) is 0 Å². The molecule has 6 nitrogen and oxygen atoms in total. The SMILES string of the molecule is CCOc1ccc(/C=C/C(=O)NCCc2nc(-c3ccc(OC)cc3)cs2)cc1OC. The molecule has 162 valence electrons. The summed E-state index contributed by atoms with van der Waals surface area (Å²) in [6, 6.07) is 13.4. The van der Waals surface area contributed by atoms with Crippen molar-refractivity contribution >= 4 is 23.3 Å². The van der Waals surface area contributed by atoms with Crippen molar-refractivity contribution in [3.05, 3.63) is 64.5 Å². The molecule has 0 radical (unpaired) electrons. The molecule has 0 atom stereocenters. The van der Waals surface area contributed by atoms with Crippen molar-refractivity contribution in [3.8, 4) is 28.5 Å². The number of rotatable bonds is 10. The van der Waals surface area contributed by atoms with Gasteiger partial charge in [-0.05, 0) is 55.0 Å². The quantitative estimate of drug-likeness (QED) is 0.469. The monoisotopic (exact) mass is 438 g/mol. The first kappa shape index (κ1) is 22.4. The minimum Gasteiger partial charge on any atom is -0.497 e. The van der Waals surface area contributed by atoms with Crippen LogP contribution in [-0.4, -0.2) is 38.3 Å². The summed E-state index contributed by atoms with van der Waals surface area (Å²) in [6.07, 6.45) is 3.94. The number of carbonyl (C=O) groups is 1. The number of hydrogen-bond donors (Lipinski definition) is 1. The van der Waals surface area contributed by atoms with Gasteiger partial charge in [-0.15, -0.1) is 11.3 Å². The highest BCUT2D eigenvalue weighted by molar-refractivity contribution is 7.09. The maximum absolute atomic E-state index is 12.1. The van der Waals surface area contributed by atoms with Crippen molar-refractivity contribution < 1.29 is 19.0 Å². The van der Waals surface area contributed by atoms with Gasteiger partial charge in [0.25, 0.3) is 0 Å². The minimum absolute atomic E-state index is 0.153. The summed E-state index contributed by atoms with van der Waals surface area (Å²) in [5.41, 5.74) is 2.83. The number of benzene rings is 2. The molecule has 0 saturated heterocycles. The van der Waals surface area contributed by atoms with E-state index in [1.54, 1.807) is 31.6 Å². The molecule has 3 aromatic rings. The number of methoxy groups -OCH3 is 2. The van der Waals surface area contributed by atoms with Gasteiger partial charge < -0.3 is 19.5 Å². The number of nitrogens with one attached hydrogen (secondary N) is 1. The maximum Gasteiger partial charge on any atom is 0.244 e. The molecule has 0 fully saturated rings. The lowest BCUT2D eigenvalue weighted by Gasteiger charge is -2.09. The largest absolute Gasteiger partial charge is 0.497 e. The number of thiazole rings is 1. The molecule has 3 rings (SSSR count). The summed E-state index contributed by atoms with van der Waals surface area (Å²) >= 11 is 1.59. The summed E-state index contributed by atoms with van der Waals surface area (Å²) in [6.45, 7) is 3.00. The minimum atomic E-state index is -0.153. The summed E-state index contributed by atoms with van der Waals surface area (Å²) in [5, 5.41) is 5.90. The molecule has 1 heterocycles. The van der Waals surface area contributed by atoms with Gasteiger partial charge in [-0.3, -0.25) is 4.79 Å². The highest BCUT2D eigenvalue weighted by atomic mass is 32.1. The molecule has 0 spiro atoms. The van der Waals surface area contributed by atoms with Crippen LogP contribution in [0.5, 0.6) is 17.2 Å². The molecule has 0 saturated carbocycles. The van der Waals surface area contributed by atoms with E-state index in [-0.39, 0.29) is 5.91 Å². The molecule has 1 N–H and O–H groups in total. The predicted molar refractivity (Wildman–Crippen MR) is 124 cm³/mol. The molecule has 0 unspecified atom stereocenters. The number of nitrogens with zero attached hydrogens (tertiary/aromatic N) is 1. The van der Waals surface area contributed by atoms with Crippen LogP contribution in [0.25, 0.3) is 17.3 Å². The molecular formula is C24H26N2O4S. The second-order valence-electron chi connectivity index (χ2n) is 6.57. The van der Waals surface area contributed by atoms with Crippen LogP contribution >= 0.6 is 11.3 Å². The van der Waals surface area contributed by atoms with Gasteiger partial charge in [0, 0.05) is 30.0 Å². The second kappa shape index (κ2) is 11.2. The molecule has 1 amide bonds. The number of ether oxygens (including phenoxy) is 3. The van der Waals surface area contributed by atoms with E-state index in [2.05, 4.69) is 10.3 Å². The summed E-state index contributed by atoms with van der Waals surface area (Å²) in [5.74, 6) is 1.99. The van der Waals surface area contributed by atoms with Gasteiger partial charge in [0.05, 0.1) is 31.5 Å². The molecule has 31 heavy (non-hydrogen) atoms. The Morgan fingerprint density at radius 3 is 2.61 bits per heavy atom. The highest BCUT2D eigenvalue weighted by Crippen LogP contribution is 2.28. The number of aromatic nitrogens is 1. The zero-order valence-corrected chi connectivity index (χ0v) is 18.7. The Bertz CT molecular complexity index is 1030. The molecule has 0 bridgehead atoms. The van der Waals surface area contributed by atoms with E-state index in [0.29, 0.717) is 31.1 Å². The molecule has 1 aromatic heterocycles. The Morgan fingerprint density at radius 1 is 1.10 bits per heavy atom. The summed E-state index contributed by atoms with van der Waals surface area (Å²) < 4.78 is 16.0. The topological polar surface area (TPSA) is 69.7 Å². The Kier molecular flexibility index (Phi) is 8.06. The fourth-order valence-corrected chi connectivity index (χ4v) is 3.71. The van der Waals surface area contributed by atoms with Crippen molar-refractivity contribution in [2.75, 3.05) is 27.4 Å². The number of hydrogen-bond acceptors (Lipinski definition) is 6. The van der Waals surface area contributed by atoms with Crippen LogP contribution in [0, 0.1) is 0 Å². The third-order valence-electron chi connectivity index (χ3n) is 4.49. The zero-order valence-electron chi connectivity index (χ0n) is 17.9. The Balaban J connectivity index is 1.49. The standard InChI is InChI=1S/C24H26N2O4S/c1-4-30-21-11-5-17(15-22(21)29-3)6-12-23(27)25-14-13-24-26-20(16-31-24)18-7-9-19(28-2)10-8-18/h5-12,15-16H,4,13-14H2,1-3H3,(H,25,27)/b12-6+. The molecule has 0 aliphatic carbocycles. The molecule has 0 aliphatic heterocycles. The van der Waals surface area contributed by atoms with Gasteiger partial charge in [0.1, 0.15) is 5.75 Å². The van der Waals surface area contributed by atoms with Crippen LogP contribution in [0.15, 0.2) is 53.9 Å². The normalized spacial score (nSPS) is 10.8. The number of amides is 1. The molecular weight excluding hydrogens is 412 g/mol. The lowest BCUT2D eigenvalue weighted by Crippen LogP contribution is -2.23. The first-order valence-electron chi connectivity index (χ1n) is 9.98.